The van der Waals surface area contributed by atoms with Gasteiger partial charge in [-0.1, -0.05) is 11.6 Å². The minimum Gasteiger partial charge on any atom is -0.481 e. The maximum absolute atomic E-state index is 13.8. The molecule has 0 unspecified atom stereocenters. The van der Waals surface area contributed by atoms with E-state index >= 15 is 0 Å². The zero-order valence-electron chi connectivity index (χ0n) is 22.0. The van der Waals surface area contributed by atoms with Gasteiger partial charge in [-0.3, -0.25) is 24.0 Å². The van der Waals surface area contributed by atoms with E-state index in [-0.39, 0.29) is 22.2 Å². The number of carbonyl (C=O) groups excluding carboxylic acids is 2. The van der Waals surface area contributed by atoms with Crippen molar-refractivity contribution in [1.29, 1.82) is 0 Å². The smallest absolute Gasteiger partial charge is 0.395 e. The number of hydrogen-bond donors (Lipinski definition) is 1. The van der Waals surface area contributed by atoms with Crippen molar-refractivity contribution in [3.63, 3.8) is 0 Å². The maximum Gasteiger partial charge on any atom is 0.395 e. The minimum atomic E-state index is -4.63. The lowest BCUT2D eigenvalue weighted by Crippen LogP contribution is -2.47. The van der Waals surface area contributed by atoms with Crippen molar-refractivity contribution in [1.82, 2.24) is 19.7 Å². The summed E-state index contributed by atoms with van der Waals surface area (Å²) in [5, 5.41) is 13.9. The average Bonchev–Trinajstić information content (AvgIpc) is 3.18. The van der Waals surface area contributed by atoms with E-state index in [1.807, 2.05) is 0 Å². The summed E-state index contributed by atoms with van der Waals surface area (Å²) < 4.78 is 43.0. The second-order valence-corrected chi connectivity index (χ2v) is 11.4. The molecule has 1 amide bonds. The number of rotatable bonds is 8. The van der Waals surface area contributed by atoms with Crippen molar-refractivity contribution in [2.45, 2.75) is 72.5 Å². The molecule has 3 rings (SSSR count). The summed E-state index contributed by atoms with van der Waals surface area (Å²) in [6, 6.07) is -0.149. The first-order valence-corrected chi connectivity index (χ1v) is 12.6. The standard InChI is InChI=1S/C26H32ClF3N4O4/c1-15-10-31-12-19(27)21(15)20(35)13-33(14-24(3,4)26(28,29)30)22(36)18-11-32-34(16(18)2)17-6-8-25(5,9-7-17)23(37)38/h10-12,17H,6-9,13-14H2,1-5H3,(H,37,38)/t17-,25-. The average molecular weight is 557 g/mol. The summed E-state index contributed by atoms with van der Waals surface area (Å²) >= 11 is 6.15. The summed E-state index contributed by atoms with van der Waals surface area (Å²) in [6.07, 6.45) is 1.27. The largest absolute Gasteiger partial charge is 0.481 e. The van der Waals surface area contributed by atoms with Gasteiger partial charge >= 0.3 is 12.1 Å². The van der Waals surface area contributed by atoms with Gasteiger partial charge in [0.1, 0.15) is 0 Å². The Morgan fingerprint density at radius 1 is 1.16 bits per heavy atom. The molecule has 2 aromatic heterocycles. The van der Waals surface area contributed by atoms with Crippen LogP contribution in [0.4, 0.5) is 13.2 Å². The van der Waals surface area contributed by atoms with Gasteiger partial charge in [0.25, 0.3) is 5.91 Å². The van der Waals surface area contributed by atoms with Crippen LogP contribution in [0.3, 0.4) is 0 Å². The predicted octanol–water partition coefficient (Wildman–Crippen LogP) is 5.67. The first-order chi connectivity index (χ1) is 17.5. The first kappa shape index (κ1) is 29.6. The van der Waals surface area contributed by atoms with Crippen molar-refractivity contribution in [3.8, 4) is 0 Å². The van der Waals surface area contributed by atoms with E-state index in [1.54, 1.807) is 25.5 Å². The highest BCUT2D eigenvalue weighted by Crippen LogP contribution is 2.42. The summed E-state index contributed by atoms with van der Waals surface area (Å²) in [6.45, 7) is 5.52. The van der Waals surface area contributed by atoms with Crippen molar-refractivity contribution in [3.05, 3.63) is 46.0 Å². The molecular weight excluding hydrogens is 525 g/mol. The van der Waals surface area contributed by atoms with E-state index in [1.165, 1.54) is 18.6 Å². The van der Waals surface area contributed by atoms with Gasteiger partial charge in [0, 0.05) is 30.2 Å². The normalized spacial score (nSPS) is 20.3. The lowest BCUT2D eigenvalue weighted by molar-refractivity contribution is -0.214. The number of amides is 1. The molecule has 1 aliphatic carbocycles. The third-order valence-corrected chi connectivity index (χ3v) is 7.83. The van der Waals surface area contributed by atoms with Gasteiger partial charge in [0.15, 0.2) is 5.78 Å². The Morgan fingerprint density at radius 2 is 1.76 bits per heavy atom. The van der Waals surface area contributed by atoms with Gasteiger partial charge in [-0.25, -0.2) is 0 Å². The molecule has 1 N–H and O–H groups in total. The molecule has 208 valence electrons. The molecule has 1 saturated carbocycles. The number of aryl methyl sites for hydroxylation is 1. The third kappa shape index (κ3) is 5.87. The molecule has 1 fully saturated rings. The molecule has 38 heavy (non-hydrogen) atoms. The van der Waals surface area contributed by atoms with Crippen LogP contribution >= 0.6 is 11.6 Å². The van der Waals surface area contributed by atoms with E-state index in [9.17, 15) is 32.7 Å². The summed E-state index contributed by atoms with van der Waals surface area (Å²) in [4.78, 5) is 43.2. The van der Waals surface area contributed by atoms with Crippen molar-refractivity contribution in [2.24, 2.45) is 10.8 Å². The Labute approximate surface area is 224 Å². The molecule has 0 saturated heterocycles. The number of nitrogens with zero attached hydrogens (tertiary/aromatic N) is 4. The highest BCUT2D eigenvalue weighted by atomic mass is 35.5. The lowest BCUT2D eigenvalue weighted by atomic mass is 9.74. The number of aliphatic carboxylic acids is 1. The van der Waals surface area contributed by atoms with Crippen LogP contribution in [0.25, 0.3) is 0 Å². The van der Waals surface area contributed by atoms with Gasteiger partial charge in [-0.2, -0.15) is 18.3 Å². The molecule has 2 aromatic rings. The van der Waals surface area contributed by atoms with Gasteiger partial charge in [0.2, 0.25) is 0 Å². The Hall–Kier alpha value is -2.95. The number of ketones is 1. The molecule has 0 bridgehead atoms. The van der Waals surface area contributed by atoms with Crippen LogP contribution in [0.5, 0.6) is 0 Å². The van der Waals surface area contributed by atoms with Crippen LogP contribution in [0.1, 0.15) is 84.5 Å². The topological polar surface area (TPSA) is 105 Å². The van der Waals surface area contributed by atoms with Crippen LogP contribution in [0.15, 0.2) is 18.6 Å². The number of pyridine rings is 1. The number of carboxylic acid groups (broad SMARTS) is 1. The number of Topliss-reactive ketones (excluding diaryl/α,β-unsaturated/α-hetero) is 1. The Bertz CT molecular complexity index is 1210. The molecule has 8 nitrogen and oxygen atoms in total. The number of hydrogen-bond acceptors (Lipinski definition) is 5. The molecule has 0 spiro atoms. The molecule has 12 heteroatoms. The van der Waals surface area contributed by atoms with Crippen LogP contribution in [-0.4, -0.2) is 61.7 Å². The van der Waals surface area contributed by atoms with Crippen LogP contribution in [-0.2, 0) is 4.79 Å². The highest BCUT2D eigenvalue weighted by Gasteiger charge is 2.49. The number of carboxylic acids is 1. The van der Waals surface area contributed by atoms with Gasteiger partial charge in [-0.05, 0) is 65.9 Å². The van der Waals surface area contributed by atoms with Gasteiger partial charge in [-0.15, -0.1) is 0 Å². The van der Waals surface area contributed by atoms with E-state index in [2.05, 4.69) is 10.1 Å². The predicted molar refractivity (Wildman–Crippen MR) is 134 cm³/mol. The second kappa shape index (κ2) is 10.7. The lowest BCUT2D eigenvalue weighted by Gasteiger charge is -2.35. The Balaban J connectivity index is 1.91. The fourth-order valence-corrected chi connectivity index (χ4v) is 5.08. The quantitative estimate of drug-likeness (QED) is 0.420. The monoisotopic (exact) mass is 556 g/mol. The highest BCUT2D eigenvalue weighted by molar-refractivity contribution is 6.34. The third-order valence-electron chi connectivity index (χ3n) is 7.54. The fourth-order valence-electron chi connectivity index (χ4n) is 4.77. The van der Waals surface area contributed by atoms with Crippen LogP contribution in [0.2, 0.25) is 5.02 Å². The summed E-state index contributed by atoms with van der Waals surface area (Å²) in [5.74, 6) is -2.22. The zero-order valence-corrected chi connectivity index (χ0v) is 22.8. The summed E-state index contributed by atoms with van der Waals surface area (Å²) in [5.41, 5.74) is -2.06. The molecule has 2 heterocycles. The van der Waals surface area contributed by atoms with Crippen molar-refractivity contribution < 1.29 is 32.7 Å². The molecule has 0 radical (unpaired) electrons. The number of alkyl halides is 3. The van der Waals surface area contributed by atoms with Crippen molar-refractivity contribution in [2.75, 3.05) is 13.1 Å². The molecule has 0 atom stereocenters. The summed E-state index contributed by atoms with van der Waals surface area (Å²) in [7, 11) is 0. The van der Waals surface area contributed by atoms with E-state index in [4.69, 9.17) is 11.6 Å². The Kier molecular flexibility index (Phi) is 8.31. The zero-order chi connectivity index (χ0) is 28.6. The molecule has 1 aliphatic rings. The fraction of sp³-hybridized carbons (Fsp3) is 0.577. The van der Waals surface area contributed by atoms with Crippen molar-refractivity contribution >= 4 is 29.3 Å². The second-order valence-electron chi connectivity index (χ2n) is 11.0. The van der Waals surface area contributed by atoms with E-state index in [0.29, 0.717) is 36.9 Å². The van der Waals surface area contributed by atoms with Crippen LogP contribution in [0, 0.1) is 24.7 Å². The van der Waals surface area contributed by atoms with Crippen LogP contribution < -0.4 is 0 Å². The minimum absolute atomic E-state index is 0.0483. The molecule has 0 aromatic carbocycles. The molecule has 0 aliphatic heterocycles. The van der Waals surface area contributed by atoms with E-state index < -0.39 is 47.8 Å². The maximum atomic E-state index is 13.8. The van der Waals surface area contributed by atoms with E-state index in [0.717, 1.165) is 18.7 Å². The number of halogens is 4. The van der Waals surface area contributed by atoms with Gasteiger partial charge in [0.05, 0.1) is 40.2 Å². The van der Waals surface area contributed by atoms with Gasteiger partial charge < -0.3 is 10.0 Å². The number of carbonyl (C=O) groups is 3. The SMILES string of the molecule is Cc1cncc(Cl)c1C(=O)CN(CC(C)(C)C(F)(F)F)C(=O)c1cnn([C@H]2CC[C@](C)(C(=O)O)CC2)c1C. The number of aromatic nitrogens is 3. The Morgan fingerprint density at radius 3 is 2.29 bits per heavy atom. The molecular formula is C26H32ClF3N4O4. The first-order valence-electron chi connectivity index (χ1n) is 12.3.